The highest BCUT2D eigenvalue weighted by Gasteiger charge is 2.26. The Morgan fingerprint density at radius 2 is 1.92 bits per heavy atom. The number of hydrogen-bond donors (Lipinski definition) is 2. The number of carbonyl (C=O) groups is 2. The van der Waals surface area contributed by atoms with Gasteiger partial charge in [0.1, 0.15) is 0 Å². The first-order valence-corrected chi connectivity index (χ1v) is 9.64. The largest absolute Gasteiger partial charge is 0.337 e. The number of anilines is 1. The molecule has 1 heterocycles. The van der Waals surface area contributed by atoms with Gasteiger partial charge in [-0.2, -0.15) is 0 Å². The van der Waals surface area contributed by atoms with Crippen LogP contribution in [0, 0.1) is 6.92 Å². The highest BCUT2D eigenvalue weighted by atomic mass is 32.2. The Bertz CT molecular complexity index is 792. The average molecular weight is 369 g/mol. The quantitative estimate of drug-likeness (QED) is 0.795. The lowest BCUT2D eigenvalue weighted by Gasteiger charge is -2.17. The number of thioether (sulfide) groups is 1. The summed E-state index contributed by atoms with van der Waals surface area (Å²) in [5.41, 5.74) is 8.46. The molecule has 5 nitrogen and oxygen atoms in total. The molecule has 0 bridgehead atoms. The van der Waals surface area contributed by atoms with E-state index in [1.165, 1.54) is 11.8 Å². The van der Waals surface area contributed by atoms with E-state index in [9.17, 15) is 9.59 Å². The highest BCUT2D eigenvalue weighted by Crippen LogP contribution is 2.25. The van der Waals surface area contributed by atoms with Crippen molar-refractivity contribution < 1.29 is 9.59 Å². The van der Waals surface area contributed by atoms with Crippen LogP contribution in [-0.2, 0) is 4.79 Å². The van der Waals surface area contributed by atoms with E-state index in [0.717, 1.165) is 22.6 Å². The summed E-state index contributed by atoms with van der Waals surface area (Å²) in [5.74, 6) is 0.141. The van der Waals surface area contributed by atoms with Crippen molar-refractivity contribution >= 4 is 29.3 Å². The van der Waals surface area contributed by atoms with Crippen molar-refractivity contribution in [2.45, 2.75) is 24.3 Å². The molecular formula is C20H23N3O2S. The lowest BCUT2D eigenvalue weighted by atomic mass is 10.2. The number of rotatable bonds is 5. The van der Waals surface area contributed by atoms with E-state index in [0.29, 0.717) is 18.7 Å². The van der Waals surface area contributed by atoms with Crippen molar-refractivity contribution in [2.24, 2.45) is 5.73 Å². The van der Waals surface area contributed by atoms with Crippen LogP contribution in [0.25, 0.3) is 0 Å². The van der Waals surface area contributed by atoms with Gasteiger partial charge in [-0.1, -0.05) is 29.8 Å². The summed E-state index contributed by atoms with van der Waals surface area (Å²) < 4.78 is 0. The summed E-state index contributed by atoms with van der Waals surface area (Å²) in [6.07, 6.45) is 0.833. The third-order valence-electron chi connectivity index (χ3n) is 4.32. The van der Waals surface area contributed by atoms with Gasteiger partial charge in [-0.3, -0.25) is 9.59 Å². The summed E-state index contributed by atoms with van der Waals surface area (Å²) in [7, 11) is 0. The van der Waals surface area contributed by atoms with Gasteiger partial charge in [-0.25, -0.2) is 0 Å². The minimum atomic E-state index is -0.0932. The number of benzene rings is 2. The second-order valence-corrected chi connectivity index (χ2v) is 7.52. The molecule has 3 N–H and O–H groups in total. The molecule has 1 aliphatic rings. The van der Waals surface area contributed by atoms with E-state index < -0.39 is 0 Å². The van der Waals surface area contributed by atoms with Gasteiger partial charge in [0.15, 0.2) is 0 Å². The molecule has 1 aliphatic heterocycles. The van der Waals surface area contributed by atoms with E-state index in [1.807, 2.05) is 55.5 Å². The van der Waals surface area contributed by atoms with E-state index >= 15 is 0 Å². The fraction of sp³-hybridized carbons (Fsp3) is 0.300. The standard InChI is InChI=1S/C20H23N3O2S/c1-14-6-8-16(9-7-14)22-19(24)13-26-18-5-3-2-4-17(18)20(25)23-11-10-15(21)12-23/h2-9,15H,10-13,21H2,1H3,(H,22,24)/t15-/m1/s1. The van der Waals surface area contributed by atoms with Crippen LogP contribution in [0.5, 0.6) is 0 Å². The van der Waals surface area contributed by atoms with Crippen molar-refractivity contribution in [1.82, 2.24) is 4.90 Å². The number of likely N-dealkylation sites (tertiary alicyclic amines) is 1. The molecule has 0 aliphatic carbocycles. The van der Waals surface area contributed by atoms with E-state index in [4.69, 9.17) is 5.73 Å². The van der Waals surface area contributed by atoms with Crippen molar-refractivity contribution in [3.05, 3.63) is 59.7 Å². The van der Waals surface area contributed by atoms with Crippen LogP contribution in [0.2, 0.25) is 0 Å². The summed E-state index contributed by atoms with van der Waals surface area (Å²) in [6.45, 7) is 3.28. The van der Waals surface area contributed by atoms with Crippen LogP contribution in [0.15, 0.2) is 53.4 Å². The zero-order chi connectivity index (χ0) is 18.5. The van der Waals surface area contributed by atoms with Crippen molar-refractivity contribution in [3.8, 4) is 0 Å². The van der Waals surface area contributed by atoms with Gasteiger partial charge in [0.25, 0.3) is 5.91 Å². The Hall–Kier alpha value is -2.31. The third kappa shape index (κ3) is 4.65. The lowest BCUT2D eigenvalue weighted by Crippen LogP contribution is -2.32. The van der Waals surface area contributed by atoms with Gasteiger partial charge >= 0.3 is 0 Å². The van der Waals surface area contributed by atoms with E-state index in [-0.39, 0.29) is 23.6 Å². The first-order chi connectivity index (χ1) is 12.5. The Kier molecular flexibility index (Phi) is 5.96. The maximum atomic E-state index is 12.7. The maximum absolute atomic E-state index is 12.7. The monoisotopic (exact) mass is 369 g/mol. The van der Waals surface area contributed by atoms with E-state index in [1.54, 1.807) is 4.90 Å². The average Bonchev–Trinajstić information content (AvgIpc) is 3.08. The Morgan fingerprint density at radius 1 is 1.19 bits per heavy atom. The molecule has 1 fully saturated rings. The second-order valence-electron chi connectivity index (χ2n) is 6.50. The molecule has 6 heteroatoms. The van der Waals surface area contributed by atoms with Crippen LogP contribution in [0.3, 0.4) is 0 Å². The normalized spacial score (nSPS) is 16.5. The number of aryl methyl sites for hydroxylation is 1. The number of nitrogens with one attached hydrogen (secondary N) is 1. The molecule has 2 amide bonds. The fourth-order valence-electron chi connectivity index (χ4n) is 2.89. The topological polar surface area (TPSA) is 75.4 Å². The Morgan fingerprint density at radius 3 is 2.62 bits per heavy atom. The van der Waals surface area contributed by atoms with Crippen LogP contribution in [0.1, 0.15) is 22.3 Å². The second kappa shape index (κ2) is 8.38. The number of hydrogen-bond acceptors (Lipinski definition) is 4. The minimum Gasteiger partial charge on any atom is -0.337 e. The first-order valence-electron chi connectivity index (χ1n) is 8.66. The van der Waals surface area contributed by atoms with Crippen LogP contribution < -0.4 is 11.1 Å². The minimum absolute atomic E-state index is 0.0139. The fourth-order valence-corrected chi connectivity index (χ4v) is 3.73. The van der Waals surface area contributed by atoms with Gasteiger partial charge < -0.3 is 16.0 Å². The molecule has 3 rings (SSSR count). The zero-order valence-electron chi connectivity index (χ0n) is 14.8. The third-order valence-corrected chi connectivity index (χ3v) is 5.40. The van der Waals surface area contributed by atoms with Crippen LogP contribution >= 0.6 is 11.8 Å². The molecule has 2 aromatic carbocycles. The SMILES string of the molecule is Cc1ccc(NC(=O)CSc2ccccc2C(=O)N2CC[C@@H](N)C2)cc1. The van der Waals surface area contributed by atoms with Gasteiger partial charge in [0.2, 0.25) is 5.91 Å². The van der Waals surface area contributed by atoms with Gasteiger partial charge in [-0.05, 0) is 37.6 Å². The molecule has 0 radical (unpaired) electrons. The van der Waals surface area contributed by atoms with Crippen LogP contribution in [-0.4, -0.2) is 41.6 Å². The highest BCUT2D eigenvalue weighted by molar-refractivity contribution is 8.00. The van der Waals surface area contributed by atoms with Gasteiger partial charge in [0, 0.05) is 29.7 Å². The first kappa shape index (κ1) is 18.5. The Labute approximate surface area is 157 Å². The number of carbonyl (C=O) groups excluding carboxylic acids is 2. The summed E-state index contributed by atoms with van der Waals surface area (Å²) in [5, 5.41) is 2.88. The molecule has 0 saturated carbocycles. The summed E-state index contributed by atoms with van der Waals surface area (Å²) in [4.78, 5) is 27.5. The number of nitrogens with zero attached hydrogens (tertiary/aromatic N) is 1. The molecule has 26 heavy (non-hydrogen) atoms. The molecule has 1 atom stereocenters. The molecular weight excluding hydrogens is 346 g/mol. The predicted octanol–water partition coefficient (Wildman–Crippen LogP) is 2.90. The predicted molar refractivity (Wildman–Crippen MR) is 105 cm³/mol. The summed E-state index contributed by atoms with van der Waals surface area (Å²) >= 11 is 1.37. The maximum Gasteiger partial charge on any atom is 0.255 e. The number of amides is 2. The van der Waals surface area contributed by atoms with Crippen molar-refractivity contribution in [2.75, 3.05) is 24.2 Å². The number of nitrogens with two attached hydrogens (primary N) is 1. The smallest absolute Gasteiger partial charge is 0.255 e. The zero-order valence-corrected chi connectivity index (χ0v) is 15.6. The van der Waals surface area contributed by atoms with Crippen molar-refractivity contribution in [1.29, 1.82) is 0 Å². The Balaban J connectivity index is 1.62. The molecule has 1 saturated heterocycles. The lowest BCUT2D eigenvalue weighted by molar-refractivity contribution is -0.113. The van der Waals surface area contributed by atoms with Crippen LogP contribution in [0.4, 0.5) is 5.69 Å². The molecule has 0 spiro atoms. The molecule has 2 aromatic rings. The van der Waals surface area contributed by atoms with Gasteiger partial charge in [-0.15, -0.1) is 11.8 Å². The summed E-state index contributed by atoms with van der Waals surface area (Å²) in [6, 6.07) is 15.2. The molecule has 0 aromatic heterocycles. The van der Waals surface area contributed by atoms with Gasteiger partial charge in [0.05, 0.1) is 11.3 Å². The van der Waals surface area contributed by atoms with Crippen molar-refractivity contribution in [3.63, 3.8) is 0 Å². The van der Waals surface area contributed by atoms with E-state index in [2.05, 4.69) is 5.32 Å². The molecule has 0 unspecified atom stereocenters. The molecule has 136 valence electrons.